The zero-order chi connectivity index (χ0) is 24.4. The summed E-state index contributed by atoms with van der Waals surface area (Å²) in [5, 5.41) is 3.14. The van der Waals surface area contributed by atoms with Crippen LogP contribution in [0.3, 0.4) is 0 Å². The van der Waals surface area contributed by atoms with E-state index in [0.29, 0.717) is 11.8 Å². The Morgan fingerprint density at radius 3 is 1.46 bits per heavy atom. The van der Waals surface area contributed by atoms with Crippen molar-refractivity contribution < 1.29 is 48.0 Å². The molecule has 0 saturated carbocycles. The molecule has 1 aliphatic heterocycles. The molecule has 6 aromatic rings. The zero-order valence-corrected chi connectivity index (χ0v) is 25.8. The van der Waals surface area contributed by atoms with Gasteiger partial charge in [-0.15, -0.1) is 0 Å². The second kappa shape index (κ2) is 8.97. The molecule has 3 aliphatic rings. The number of benzene rings is 4. The summed E-state index contributed by atoms with van der Waals surface area (Å²) in [7, 11) is 4.58. The van der Waals surface area contributed by atoms with Gasteiger partial charge in [0, 0.05) is 0 Å². The fourth-order valence-electron chi connectivity index (χ4n) is 8.00. The van der Waals surface area contributed by atoms with Gasteiger partial charge in [-0.1, -0.05) is 0 Å². The average molecular weight is 625 g/mol. The van der Waals surface area contributed by atoms with Gasteiger partial charge >= 0.3 is 229 Å². The average Bonchev–Trinajstić information content (AvgIpc) is 3.60. The van der Waals surface area contributed by atoms with Gasteiger partial charge in [0.2, 0.25) is 0 Å². The summed E-state index contributed by atoms with van der Waals surface area (Å²) in [6.45, 7) is 0. The van der Waals surface area contributed by atoms with Crippen LogP contribution in [0.2, 0.25) is 0 Å². The smallest absolute Gasteiger partial charge is 1.00 e. The van der Waals surface area contributed by atoms with Crippen molar-refractivity contribution in [2.75, 3.05) is 0 Å². The van der Waals surface area contributed by atoms with Gasteiger partial charge in [-0.25, -0.2) is 0 Å². The molecule has 0 radical (unpaired) electrons. The topological polar surface area (TPSA) is 9.86 Å². The number of fused-ring (bicyclic) bond motifs is 6. The van der Waals surface area contributed by atoms with E-state index in [-0.39, 0.29) is 24.8 Å². The summed E-state index contributed by atoms with van der Waals surface area (Å²) >= 11 is -1.08. The Balaban J connectivity index is 0.00000127. The van der Waals surface area contributed by atoms with Crippen LogP contribution in [0.5, 0.6) is 0 Å². The van der Waals surface area contributed by atoms with Crippen LogP contribution in [0, 0.1) is 0 Å². The third kappa shape index (κ3) is 3.13. The molecule has 2 aliphatic carbocycles. The molecule has 0 fully saturated rings. The number of rotatable bonds is 0. The van der Waals surface area contributed by atoms with Crippen molar-refractivity contribution in [3.63, 3.8) is 0 Å². The van der Waals surface area contributed by atoms with E-state index in [2.05, 4.69) is 108 Å². The van der Waals surface area contributed by atoms with E-state index in [1.54, 1.807) is 28.4 Å². The number of nitrogens with zero attached hydrogens (tertiary/aromatic N) is 2. The predicted octanol–water partition coefficient (Wildman–Crippen LogP) is 0.730. The molecule has 0 N–H and O–H groups in total. The maximum Gasteiger partial charge on any atom is -1.00 e. The Morgan fingerprint density at radius 2 is 1.00 bits per heavy atom. The van der Waals surface area contributed by atoms with Crippen molar-refractivity contribution >= 4 is 28.3 Å². The molecule has 9 rings (SSSR count). The van der Waals surface area contributed by atoms with Gasteiger partial charge in [0.15, 0.2) is 0 Å². The normalized spacial score (nSPS) is 17.4. The predicted molar refractivity (Wildman–Crippen MR) is 149 cm³/mol. The molecule has 2 atom stereocenters. The maximum atomic E-state index is 2.50. The summed E-state index contributed by atoms with van der Waals surface area (Å²) in [6, 6.07) is 32.7. The number of halogens is 2. The minimum Gasteiger partial charge on any atom is -1.00 e. The van der Waals surface area contributed by atoms with Gasteiger partial charge < -0.3 is 24.8 Å². The molecular weight excluding hydrogens is 599 g/mol. The van der Waals surface area contributed by atoms with Crippen LogP contribution in [-0.2, 0) is 37.3 Å². The molecule has 0 spiro atoms. The molecule has 0 saturated heterocycles. The van der Waals surface area contributed by atoms with Gasteiger partial charge in [0.05, 0.1) is 0 Å². The summed E-state index contributed by atoms with van der Waals surface area (Å²) in [6.07, 6.45) is 2.36. The molecule has 3 heterocycles. The molecule has 190 valence electrons. The number of aryl methyl sites for hydroxylation is 2. The van der Waals surface area contributed by atoms with Crippen molar-refractivity contribution in [2.24, 2.45) is 14.1 Å². The number of hydrogen-bond donors (Lipinski definition) is 0. The van der Waals surface area contributed by atoms with Gasteiger partial charge in [-0.2, -0.15) is 0 Å². The molecule has 0 amide bonds. The minimum absolute atomic E-state index is 0. The number of aromatic nitrogens is 2. The van der Waals surface area contributed by atoms with Crippen LogP contribution < -0.4 is 31.4 Å². The van der Waals surface area contributed by atoms with E-state index in [4.69, 9.17) is 0 Å². The first-order chi connectivity index (χ1) is 18.2. The first-order valence-electron chi connectivity index (χ1n) is 13.4. The standard InChI is InChI=1S/C34H26N2.2ClH.Zr/c1-35-29-17-9-7-15-27(29)31-23(21-11-3-5-13-25(21)33(31)35)19-20-24-22-12-4-6-14-26(22)34-32(24)28-16-8-10-18-30(28)36(34)2;;;/h3-14,17-18,23-24H,19-20H2,1-2H3;2*1H;/q;;;+2/p-2. The van der Waals surface area contributed by atoms with Crippen LogP contribution in [-0.4, -0.2) is 9.13 Å². The number of hydrogen-bond acceptors (Lipinski definition) is 0. The monoisotopic (exact) mass is 622 g/mol. The molecule has 4 aromatic carbocycles. The van der Waals surface area contributed by atoms with Crippen LogP contribution >= 0.6 is 0 Å². The van der Waals surface area contributed by atoms with Crippen LogP contribution in [0.4, 0.5) is 0 Å². The first-order valence-corrected chi connectivity index (χ1v) is 15.9. The van der Waals surface area contributed by atoms with Crippen molar-refractivity contribution in [1.29, 1.82) is 0 Å². The second-order valence-electron chi connectivity index (χ2n) is 11.0. The minimum atomic E-state index is -1.08. The Bertz CT molecular complexity index is 1820. The third-order valence-corrected chi connectivity index (χ3v) is 12.8. The molecule has 5 heteroatoms. The molecule has 2 aromatic heterocycles. The van der Waals surface area contributed by atoms with E-state index in [1.165, 1.54) is 57.5 Å². The van der Waals surface area contributed by atoms with E-state index in [0.717, 1.165) is 0 Å². The van der Waals surface area contributed by atoms with Crippen molar-refractivity contribution in [1.82, 2.24) is 9.13 Å². The Morgan fingerprint density at radius 1 is 0.564 bits per heavy atom. The largest absolute Gasteiger partial charge is 1.00 e. The van der Waals surface area contributed by atoms with Gasteiger partial charge in [-0.3, -0.25) is 0 Å². The van der Waals surface area contributed by atoms with Crippen LogP contribution in [0.1, 0.15) is 46.9 Å². The Kier molecular flexibility index (Phi) is 5.84. The van der Waals surface area contributed by atoms with Gasteiger partial charge in [0.25, 0.3) is 0 Å². The van der Waals surface area contributed by atoms with Crippen molar-refractivity contribution in [3.05, 3.63) is 107 Å². The fourth-order valence-corrected chi connectivity index (χ4v) is 11.5. The maximum absolute atomic E-state index is 2.50. The van der Waals surface area contributed by atoms with Crippen molar-refractivity contribution in [3.8, 4) is 22.5 Å². The van der Waals surface area contributed by atoms with E-state index < -0.39 is 23.2 Å². The van der Waals surface area contributed by atoms with Crippen LogP contribution in [0.15, 0.2) is 84.9 Å². The van der Waals surface area contributed by atoms with Crippen LogP contribution in [0.25, 0.3) is 44.3 Å². The Hall–Kier alpha value is -2.58. The quantitative estimate of drug-likeness (QED) is 0.236. The second-order valence-corrected chi connectivity index (χ2v) is 14.3. The van der Waals surface area contributed by atoms with Gasteiger partial charge in [-0.05, 0) is 0 Å². The molecule has 2 nitrogen and oxygen atoms in total. The zero-order valence-electron chi connectivity index (χ0n) is 21.8. The molecular formula is C34H26Cl2N2Zr. The van der Waals surface area contributed by atoms with E-state index in [9.17, 15) is 0 Å². The summed E-state index contributed by atoms with van der Waals surface area (Å²) < 4.78 is 8.26. The summed E-state index contributed by atoms with van der Waals surface area (Å²) in [5.41, 5.74) is 14.9. The third-order valence-electron chi connectivity index (χ3n) is 9.42. The first kappa shape index (κ1) is 25.4. The Labute approximate surface area is 252 Å². The fraction of sp³-hybridized carbons (Fsp3) is 0.176. The SMILES string of the molecule is Cn1c2c3c4[c](cccc41)[Zr+2][c]1cccc4c1c1c(n4C)-c4ccccc4C1CCC3c1ccccc1-2.[Cl-].[Cl-]. The molecule has 2 unspecified atom stereocenters. The van der Waals surface area contributed by atoms with Crippen molar-refractivity contribution in [2.45, 2.75) is 24.7 Å². The summed E-state index contributed by atoms with van der Waals surface area (Å²) in [4.78, 5) is 0. The molecule has 0 bridgehead atoms. The van der Waals surface area contributed by atoms with E-state index >= 15 is 0 Å². The van der Waals surface area contributed by atoms with Gasteiger partial charge in [0.1, 0.15) is 0 Å². The van der Waals surface area contributed by atoms with E-state index in [1.807, 2.05) is 0 Å². The molecule has 39 heavy (non-hydrogen) atoms. The summed E-state index contributed by atoms with van der Waals surface area (Å²) in [5.74, 6) is 0.930.